The zero-order valence-corrected chi connectivity index (χ0v) is 12.7. The average Bonchev–Trinajstić information content (AvgIpc) is 2.42. The van der Waals surface area contributed by atoms with Crippen molar-refractivity contribution in [2.45, 2.75) is 18.9 Å². The van der Waals surface area contributed by atoms with Gasteiger partial charge in [-0.05, 0) is 47.9 Å². The number of rotatable bonds is 4. The fraction of sp³-hybridized carbons (Fsp3) is 0.250. The first-order valence-electron chi connectivity index (χ1n) is 6.42. The van der Waals surface area contributed by atoms with Gasteiger partial charge in [0.25, 0.3) is 0 Å². The van der Waals surface area contributed by atoms with Crippen LogP contribution in [0.25, 0.3) is 0 Å². The Morgan fingerprint density at radius 3 is 2.45 bits per heavy atom. The van der Waals surface area contributed by atoms with Gasteiger partial charge in [-0.25, -0.2) is 0 Å². The van der Waals surface area contributed by atoms with Gasteiger partial charge in [0, 0.05) is 22.5 Å². The summed E-state index contributed by atoms with van der Waals surface area (Å²) in [5.41, 5.74) is 8.56. The average molecular weight is 310 g/mol. The summed E-state index contributed by atoms with van der Waals surface area (Å²) in [5.74, 6) is -0.217. The van der Waals surface area contributed by atoms with E-state index in [1.807, 2.05) is 37.3 Å². The first-order chi connectivity index (χ1) is 9.52. The lowest BCUT2D eigenvalue weighted by atomic mass is 9.87. The van der Waals surface area contributed by atoms with Crippen molar-refractivity contribution in [2.75, 3.05) is 6.54 Å². The van der Waals surface area contributed by atoms with E-state index in [0.29, 0.717) is 16.6 Å². The highest BCUT2D eigenvalue weighted by molar-refractivity contribution is 6.30. The van der Waals surface area contributed by atoms with E-state index in [-0.39, 0.29) is 5.92 Å². The highest BCUT2D eigenvalue weighted by Crippen LogP contribution is 2.34. The maximum Gasteiger partial charge on any atom is 0.0873 e. The van der Waals surface area contributed by atoms with Crippen LogP contribution in [0.3, 0.4) is 0 Å². The van der Waals surface area contributed by atoms with Crippen LogP contribution in [0.5, 0.6) is 0 Å². The largest absolute Gasteiger partial charge is 0.388 e. The zero-order valence-electron chi connectivity index (χ0n) is 11.2. The van der Waals surface area contributed by atoms with Crippen molar-refractivity contribution in [1.82, 2.24) is 0 Å². The molecule has 0 fully saturated rings. The molecule has 0 aromatic heterocycles. The fourth-order valence-electron chi connectivity index (χ4n) is 2.33. The van der Waals surface area contributed by atoms with Crippen LogP contribution >= 0.6 is 23.2 Å². The number of halogens is 2. The SMILES string of the molecule is Cc1ccc(Cl)cc1C(O)C(CN)c1cccc(Cl)c1. The smallest absolute Gasteiger partial charge is 0.0873 e. The predicted octanol–water partition coefficient (Wildman–Crippen LogP) is 4.08. The molecule has 2 nitrogen and oxygen atoms in total. The number of hydrogen-bond donors (Lipinski definition) is 2. The highest BCUT2D eigenvalue weighted by Gasteiger charge is 2.23. The summed E-state index contributed by atoms with van der Waals surface area (Å²) < 4.78 is 0. The molecule has 0 amide bonds. The lowest BCUT2D eigenvalue weighted by Crippen LogP contribution is -2.20. The number of aryl methyl sites for hydroxylation is 1. The van der Waals surface area contributed by atoms with E-state index in [4.69, 9.17) is 28.9 Å². The molecule has 2 aromatic rings. The summed E-state index contributed by atoms with van der Waals surface area (Å²) in [6, 6.07) is 12.9. The second-order valence-corrected chi connectivity index (χ2v) is 5.72. The summed E-state index contributed by atoms with van der Waals surface area (Å²) in [7, 11) is 0. The maximum atomic E-state index is 10.6. The number of aliphatic hydroxyl groups excluding tert-OH is 1. The highest BCUT2D eigenvalue weighted by atomic mass is 35.5. The molecule has 0 aliphatic rings. The summed E-state index contributed by atoms with van der Waals surface area (Å²) in [4.78, 5) is 0. The Labute approximate surface area is 129 Å². The van der Waals surface area contributed by atoms with Crippen molar-refractivity contribution in [2.24, 2.45) is 5.73 Å². The first-order valence-corrected chi connectivity index (χ1v) is 7.18. The van der Waals surface area contributed by atoms with E-state index in [2.05, 4.69) is 0 Å². The standard InChI is InChI=1S/C16H17Cl2NO/c1-10-5-6-13(18)8-14(10)16(20)15(9-19)11-3-2-4-12(17)7-11/h2-8,15-16,20H,9,19H2,1H3. The minimum atomic E-state index is -0.711. The van der Waals surface area contributed by atoms with Crippen LogP contribution in [0.1, 0.15) is 28.7 Å². The molecule has 2 rings (SSSR count). The Balaban J connectivity index is 2.38. The first kappa shape index (κ1) is 15.3. The molecule has 2 atom stereocenters. The monoisotopic (exact) mass is 309 g/mol. The molecule has 0 bridgehead atoms. The fourth-order valence-corrected chi connectivity index (χ4v) is 2.71. The minimum Gasteiger partial charge on any atom is -0.388 e. The Morgan fingerprint density at radius 1 is 1.10 bits per heavy atom. The molecule has 0 heterocycles. The molecule has 0 radical (unpaired) electrons. The summed E-state index contributed by atoms with van der Waals surface area (Å²) in [6.07, 6.45) is -0.711. The van der Waals surface area contributed by atoms with Crippen molar-refractivity contribution < 1.29 is 5.11 Å². The number of aliphatic hydroxyl groups is 1. The van der Waals surface area contributed by atoms with Gasteiger partial charge in [0.1, 0.15) is 0 Å². The zero-order chi connectivity index (χ0) is 14.7. The maximum absolute atomic E-state index is 10.6. The van der Waals surface area contributed by atoms with E-state index >= 15 is 0 Å². The predicted molar refractivity (Wildman–Crippen MR) is 84.4 cm³/mol. The molecular formula is C16H17Cl2NO. The lowest BCUT2D eigenvalue weighted by molar-refractivity contribution is 0.147. The third-order valence-electron chi connectivity index (χ3n) is 3.47. The van der Waals surface area contributed by atoms with Crippen molar-refractivity contribution in [3.05, 3.63) is 69.2 Å². The third-order valence-corrected chi connectivity index (χ3v) is 3.94. The summed E-state index contributed by atoms with van der Waals surface area (Å²) in [5, 5.41) is 11.9. The molecule has 2 aromatic carbocycles. The van der Waals surface area contributed by atoms with Crippen LogP contribution in [0.2, 0.25) is 10.0 Å². The molecular weight excluding hydrogens is 293 g/mol. The molecule has 20 heavy (non-hydrogen) atoms. The summed E-state index contributed by atoms with van der Waals surface area (Å²) in [6.45, 7) is 2.27. The molecule has 4 heteroatoms. The van der Waals surface area contributed by atoms with Crippen LogP contribution in [-0.2, 0) is 0 Å². The Kier molecular flexibility index (Phi) is 5.06. The van der Waals surface area contributed by atoms with Crippen molar-refractivity contribution in [3.63, 3.8) is 0 Å². The van der Waals surface area contributed by atoms with Gasteiger partial charge in [0.2, 0.25) is 0 Å². The topological polar surface area (TPSA) is 46.2 Å². The van der Waals surface area contributed by atoms with Crippen LogP contribution < -0.4 is 5.73 Å². The second kappa shape index (κ2) is 6.59. The van der Waals surface area contributed by atoms with Gasteiger partial charge in [-0.3, -0.25) is 0 Å². The van der Waals surface area contributed by atoms with E-state index < -0.39 is 6.10 Å². The lowest BCUT2D eigenvalue weighted by Gasteiger charge is -2.24. The Bertz CT molecular complexity index is 601. The van der Waals surface area contributed by atoms with Crippen LogP contribution in [0.4, 0.5) is 0 Å². The number of hydrogen-bond acceptors (Lipinski definition) is 2. The van der Waals surface area contributed by atoms with Gasteiger partial charge in [0.15, 0.2) is 0 Å². The van der Waals surface area contributed by atoms with Gasteiger partial charge < -0.3 is 10.8 Å². The molecule has 0 saturated heterocycles. The molecule has 0 saturated carbocycles. The molecule has 106 valence electrons. The number of nitrogens with two attached hydrogens (primary N) is 1. The third kappa shape index (κ3) is 3.33. The molecule has 0 aliphatic heterocycles. The normalized spacial score (nSPS) is 14.1. The van der Waals surface area contributed by atoms with Gasteiger partial charge in [0.05, 0.1) is 6.10 Å². The molecule has 0 aliphatic carbocycles. The molecule has 2 unspecified atom stereocenters. The number of benzene rings is 2. The Hall–Kier alpha value is -1.06. The van der Waals surface area contributed by atoms with Crippen molar-refractivity contribution >= 4 is 23.2 Å². The van der Waals surface area contributed by atoms with Gasteiger partial charge in [-0.1, -0.05) is 41.4 Å². The minimum absolute atomic E-state index is 0.217. The van der Waals surface area contributed by atoms with Crippen LogP contribution in [0, 0.1) is 6.92 Å². The molecule has 0 spiro atoms. The van der Waals surface area contributed by atoms with E-state index in [9.17, 15) is 5.11 Å². The Morgan fingerprint density at radius 2 is 1.80 bits per heavy atom. The van der Waals surface area contributed by atoms with E-state index in [1.165, 1.54) is 0 Å². The van der Waals surface area contributed by atoms with Gasteiger partial charge >= 0.3 is 0 Å². The van der Waals surface area contributed by atoms with Crippen molar-refractivity contribution in [3.8, 4) is 0 Å². The van der Waals surface area contributed by atoms with Gasteiger partial charge in [-0.15, -0.1) is 0 Å². The summed E-state index contributed by atoms with van der Waals surface area (Å²) >= 11 is 12.0. The van der Waals surface area contributed by atoms with Crippen molar-refractivity contribution in [1.29, 1.82) is 0 Å². The van der Waals surface area contributed by atoms with Crippen LogP contribution in [-0.4, -0.2) is 11.7 Å². The van der Waals surface area contributed by atoms with Gasteiger partial charge in [-0.2, -0.15) is 0 Å². The van der Waals surface area contributed by atoms with E-state index in [0.717, 1.165) is 16.7 Å². The molecule has 3 N–H and O–H groups in total. The van der Waals surface area contributed by atoms with E-state index in [1.54, 1.807) is 12.1 Å². The van der Waals surface area contributed by atoms with Crippen LogP contribution in [0.15, 0.2) is 42.5 Å². The quantitative estimate of drug-likeness (QED) is 0.894. The second-order valence-electron chi connectivity index (χ2n) is 4.84.